The van der Waals surface area contributed by atoms with E-state index in [2.05, 4.69) is 0 Å². The Morgan fingerprint density at radius 2 is 2.07 bits per heavy atom. The van der Waals surface area contributed by atoms with Gasteiger partial charge in [0.2, 0.25) is 0 Å². The second-order valence-electron chi connectivity index (χ2n) is 2.70. The third-order valence-electron chi connectivity index (χ3n) is 1.79. The zero-order valence-electron chi connectivity index (χ0n) is 7.78. The highest BCUT2D eigenvalue weighted by atomic mass is 16.5. The maximum atomic E-state index is 10.2. The molecular formula is C12H16O2. The molecule has 0 aliphatic carbocycles. The molecule has 0 aliphatic rings. The normalized spacial score (nSPS) is 9.57. The number of hydrogen-bond donors (Lipinski definition) is 0. The van der Waals surface area contributed by atoms with Gasteiger partial charge in [0, 0.05) is 5.56 Å². The quantitative estimate of drug-likeness (QED) is 0.687. The van der Waals surface area contributed by atoms with Crippen molar-refractivity contribution in [2.45, 2.75) is 21.3 Å². The van der Waals surface area contributed by atoms with Gasteiger partial charge < -0.3 is 4.74 Å². The lowest BCUT2D eigenvalue weighted by Crippen LogP contribution is -1.92. The number of hydrogen-bond acceptors (Lipinski definition) is 2. The fourth-order valence-corrected chi connectivity index (χ4v) is 1.19. The van der Waals surface area contributed by atoms with E-state index in [1.807, 2.05) is 38.1 Å². The first-order valence-electron chi connectivity index (χ1n) is 4.12. The summed E-state index contributed by atoms with van der Waals surface area (Å²) in [6, 6.07) is 5.62. The molecule has 0 saturated carbocycles. The molecule has 0 N–H and O–H groups in total. The van der Waals surface area contributed by atoms with E-state index in [-0.39, 0.29) is 7.43 Å². The summed E-state index contributed by atoms with van der Waals surface area (Å²) in [7, 11) is 0. The molecule has 2 nitrogen and oxygen atoms in total. The molecule has 1 aromatic rings. The Kier molecular flexibility index (Phi) is 5.30. The van der Waals surface area contributed by atoms with Crippen molar-refractivity contribution in [3.8, 4) is 5.75 Å². The molecule has 0 aromatic heterocycles. The first-order chi connectivity index (χ1) is 6.29. The standard InChI is InChI=1S/C11H12O2.CH4/c1-3-5-10-9(2)6-4-7-11(10)13-8-12;/h3-8H,1-2H3;1H4/b5-3-;. The lowest BCUT2D eigenvalue weighted by molar-refractivity contribution is -0.120. The topological polar surface area (TPSA) is 26.3 Å². The largest absolute Gasteiger partial charge is 0.428 e. The zero-order valence-corrected chi connectivity index (χ0v) is 7.78. The fraction of sp³-hybridized carbons (Fsp3) is 0.250. The Morgan fingerprint density at radius 1 is 1.36 bits per heavy atom. The van der Waals surface area contributed by atoms with E-state index in [1.165, 1.54) is 0 Å². The first kappa shape index (κ1) is 12.4. The molecule has 0 bridgehead atoms. The van der Waals surface area contributed by atoms with Crippen molar-refractivity contribution in [2.24, 2.45) is 0 Å². The summed E-state index contributed by atoms with van der Waals surface area (Å²) in [4.78, 5) is 10.2. The summed E-state index contributed by atoms with van der Waals surface area (Å²) in [5, 5.41) is 0. The van der Waals surface area contributed by atoms with E-state index in [0.717, 1.165) is 11.1 Å². The summed E-state index contributed by atoms with van der Waals surface area (Å²) < 4.78 is 4.84. The number of aryl methyl sites for hydroxylation is 1. The predicted octanol–water partition coefficient (Wildman–Crippen LogP) is 3.20. The molecule has 0 radical (unpaired) electrons. The second-order valence-corrected chi connectivity index (χ2v) is 2.70. The van der Waals surface area contributed by atoms with Crippen LogP contribution in [0.2, 0.25) is 0 Å². The van der Waals surface area contributed by atoms with E-state index in [0.29, 0.717) is 12.2 Å². The molecule has 0 amide bonds. The van der Waals surface area contributed by atoms with Crippen LogP contribution in [-0.2, 0) is 4.79 Å². The Bertz CT molecular complexity index is 327. The summed E-state index contributed by atoms with van der Waals surface area (Å²) in [6.45, 7) is 4.35. The Labute approximate surface area is 85.2 Å². The lowest BCUT2D eigenvalue weighted by Gasteiger charge is -2.05. The van der Waals surface area contributed by atoms with Crippen LogP contribution in [0.4, 0.5) is 0 Å². The van der Waals surface area contributed by atoms with Crippen molar-refractivity contribution in [1.29, 1.82) is 0 Å². The minimum Gasteiger partial charge on any atom is -0.428 e. The molecule has 1 aromatic carbocycles. The van der Waals surface area contributed by atoms with E-state index >= 15 is 0 Å². The predicted molar refractivity (Wildman–Crippen MR) is 59.3 cm³/mol. The number of allylic oxidation sites excluding steroid dienone is 1. The molecule has 2 heteroatoms. The molecule has 0 unspecified atom stereocenters. The molecule has 76 valence electrons. The van der Waals surface area contributed by atoms with Crippen molar-refractivity contribution in [3.63, 3.8) is 0 Å². The minimum absolute atomic E-state index is 0. The van der Waals surface area contributed by atoms with Crippen molar-refractivity contribution in [1.82, 2.24) is 0 Å². The van der Waals surface area contributed by atoms with Crippen LogP contribution >= 0.6 is 0 Å². The van der Waals surface area contributed by atoms with E-state index in [9.17, 15) is 4.79 Å². The van der Waals surface area contributed by atoms with Gasteiger partial charge in [-0.1, -0.05) is 31.7 Å². The maximum absolute atomic E-state index is 10.2. The molecule has 14 heavy (non-hydrogen) atoms. The Balaban J connectivity index is 0.00000169. The summed E-state index contributed by atoms with van der Waals surface area (Å²) >= 11 is 0. The number of rotatable bonds is 3. The van der Waals surface area contributed by atoms with Crippen molar-refractivity contribution in [2.75, 3.05) is 0 Å². The summed E-state index contributed by atoms with van der Waals surface area (Å²) in [5.41, 5.74) is 2.05. The lowest BCUT2D eigenvalue weighted by atomic mass is 10.1. The van der Waals surface area contributed by atoms with Gasteiger partial charge in [0.25, 0.3) is 6.47 Å². The molecule has 0 heterocycles. The van der Waals surface area contributed by atoms with E-state index < -0.39 is 0 Å². The number of carbonyl (C=O) groups is 1. The van der Waals surface area contributed by atoms with Crippen LogP contribution in [0, 0.1) is 6.92 Å². The van der Waals surface area contributed by atoms with Gasteiger partial charge in [0.1, 0.15) is 5.75 Å². The van der Waals surface area contributed by atoms with Crippen molar-refractivity contribution in [3.05, 3.63) is 35.4 Å². The third-order valence-corrected chi connectivity index (χ3v) is 1.79. The van der Waals surface area contributed by atoms with E-state index in [4.69, 9.17) is 4.74 Å². The number of ether oxygens (including phenoxy) is 1. The van der Waals surface area contributed by atoms with Crippen LogP contribution in [0.5, 0.6) is 5.75 Å². The second kappa shape index (κ2) is 5.97. The van der Waals surface area contributed by atoms with Crippen LogP contribution in [0.15, 0.2) is 24.3 Å². The van der Waals surface area contributed by atoms with Gasteiger partial charge in [-0.15, -0.1) is 0 Å². The van der Waals surface area contributed by atoms with Gasteiger partial charge >= 0.3 is 0 Å². The van der Waals surface area contributed by atoms with Gasteiger partial charge in [0.15, 0.2) is 0 Å². The van der Waals surface area contributed by atoms with Crippen molar-refractivity contribution < 1.29 is 9.53 Å². The average Bonchev–Trinajstić information content (AvgIpc) is 2.11. The molecule has 0 atom stereocenters. The maximum Gasteiger partial charge on any atom is 0.298 e. The monoisotopic (exact) mass is 192 g/mol. The van der Waals surface area contributed by atoms with Crippen LogP contribution in [-0.4, -0.2) is 6.47 Å². The minimum atomic E-state index is 0. The highest BCUT2D eigenvalue weighted by Crippen LogP contribution is 2.22. The van der Waals surface area contributed by atoms with Gasteiger partial charge in [0.05, 0.1) is 0 Å². The smallest absolute Gasteiger partial charge is 0.298 e. The Morgan fingerprint density at radius 3 is 2.64 bits per heavy atom. The van der Waals surface area contributed by atoms with Crippen LogP contribution in [0.1, 0.15) is 25.5 Å². The van der Waals surface area contributed by atoms with Gasteiger partial charge in [-0.05, 0) is 25.5 Å². The third kappa shape index (κ3) is 2.73. The Hall–Kier alpha value is -1.57. The fourth-order valence-electron chi connectivity index (χ4n) is 1.19. The van der Waals surface area contributed by atoms with Crippen molar-refractivity contribution >= 4 is 12.5 Å². The highest BCUT2D eigenvalue weighted by Gasteiger charge is 2.02. The van der Waals surface area contributed by atoms with Crippen LogP contribution < -0.4 is 4.74 Å². The summed E-state index contributed by atoms with van der Waals surface area (Å²) in [5.74, 6) is 0.605. The number of carbonyl (C=O) groups excluding carboxylic acids is 1. The summed E-state index contributed by atoms with van der Waals surface area (Å²) in [6.07, 6.45) is 3.84. The molecule has 0 fully saturated rings. The van der Waals surface area contributed by atoms with Gasteiger partial charge in [-0.25, -0.2) is 0 Å². The van der Waals surface area contributed by atoms with Crippen LogP contribution in [0.3, 0.4) is 0 Å². The van der Waals surface area contributed by atoms with E-state index in [1.54, 1.807) is 6.07 Å². The average molecular weight is 192 g/mol. The number of benzene rings is 1. The molecule has 0 spiro atoms. The van der Waals surface area contributed by atoms with Gasteiger partial charge in [-0.3, -0.25) is 4.79 Å². The van der Waals surface area contributed by atoms with Gasteiger partial charge in [-0.2, -0.15) is 0 Å². The molecule has 1 rings (SSSR count). The molecule has 0 saturated heterocycles. The molecule has 0 aliphatic heterocycles. The van der Waals surface area contributed by atoms with Crippen LogP contribution in [0.25, 0.3) is 6.08 Å². The first-order valence-corrected chi connectivity index (χ1v) is 4.12. The zero-order chi connectivity index (χ0) is 9.68. The highest BCUT2D eigenvalue weighted by molar-refractivity contribution is 5.63. The SMILES string of the molecule is C.C/C=C\c1c(C)cccc1OC=O. The molecular weight excluding hydrogens is 176 g/mol.